The number of hydrogen-bond acceptors (Lipinski definition) is 8. The van der Waals surface area contributed by atoms with Crippen LogP contribution >= 0.6 is 0 Å². The molecule has 1 N–H and O–H groups in total. The van der Waals surface area contributed by atoms with E-state index in [1.54, 1.807) is 31.3 Å². The second-order valence-corrected chi connectivity index (χ2v) is 7.38. The number of hydrogen-bond donors (Lipinski definition) is 1. The van der Waals surface area contributed by atoms with E-state index in [0.717, 1.165) is 17.1 Å². The normalized spacial score (nSPS) is 10.7. The van der Waals surface area contributed by atoms with Crippen LogP contribution < -0.4 is 5.32 Å². The van der Waals surface area contributed by atoms with Gasteiger partial charge in [0.25, 0.3) is 0 Å². The topological polar surface area (TPSA) is 104 Å². The van der Waals surface area contributed by atoms with E-state index in [0.29, 0.717) is 50.0 Å². The fourth-order valence-corrected chi connectivity index (χ4v) is 3.39. The predicted octanol–water partition coefficient (Wildman–Crippen LogP) is 3.74. The highest BCUT2D eigenvalue weighted by Gasteiger charge is 2.15. The molecule has 174 valence electrons. The molecule has 0 aliphatic rings. The molecule has 0 bridgehead atoms. The molecule has 2 aromatic carbocycles. The third kappa shape index (κ3) is 6.02. The quantitative estimate of drug-likeness (QED) is 0.268. The second-order valence-electron chi connectivity index (χ2n) is 7.38. The molecule has 9 heteroatoms. The van der Waals surface area contributed by atoms with Crippen LogP contribution in [0.5, 0.6) is 0 Å². The van der Waals surface area contributed by atoms with Crippen LogP contribution in [-0.2, 0) is 29.2 Å². The number of anilines is 1. The fourth-order valence-electron chi connectivity index (χ4n) is 3.39. The van der Waals surface area contributed by atoms with Gasteiger partial charge in [-0.15, -0.1) is 10.2 Å². The number of aromatic nitrogens is 5. The van der Waals surface area contributed by atoms with Gasteiger partial charge in [0.2, 0.25) is 0 Å². The van der Waals surface area contributed by atoms with Crippen molar-refractivity contribution >= 4 is 11.7 Å². The summed E-state index contributed by atoms with van der Waals surface area (Å²) >= 11 is 0. The Bertz CT molecular complexity index is 1200. The molecule has 0 radical (unpaired) electrons. The third-order valence-corrected chi connectivity index (χ3v) is 5.03. The predicted molar refractivity (Wildman–Crippen MR) is 127 cm³/mol. The van der Waals surface area contributed by atoms with Gasteiger partial charge in [0.15, 0.2) is 11.6 Å². The van der Waals surface area contributed by atoms with Crippen LogP contribution in [-0.4, -0.2) is 43.9 Å². The molecule has 0 saturated carbocycles. The van der Waals surface area contributed by atoms with Gasteiger partial charge in [-0.05, 0) is 36.8 Å². The summed E-state index contributed by atoms with van der Waals surface area (Å²) < 4.78 is 13.0. The molecular weight excluding hydrogens is 432 g/mol. The monoisotopic (exact) mass is 458 g/mol. The van der Waals surface area contributed by atoms with E-state index in [-0.39, 0.29) is 5.97 Å². The highest BCUT2D eigenvalue weighted by Crippen LogP contribution is 2.18. The Morgan fingerprint density at radius 3 is 2.74 bits per heavy atom. The molecule has 2 aromatic heterocycles. The largest absolute Gasteiger partial charge is 0.462 e. The van der Waals surface area contributed by atoms with E-state index in [1.807, 2.05) is 47.0 Å². The van der Waals surface area contributed by atoms with Crippen LogP contribution in [0.3, 0.4) is 0 Å². The molecule has 0 atom stereocenters. The van der Waals surface area contributed by atoms with Crippen LogP contribution in [0.15, 0.2) is 73.2 Å². The van der Waals surface area contributed by atoms with E-state index in [4.69, 9.17) is 9.47 Å². The molecule has 9 nitrogen and oxygen atoms in total. The van der Waals surface area contributed by atoms with E-state index in [9.17, 15) is 4.79 Å². The molecule has 0 aliphatic heterocycles. The molecule has 2 heterocycles. The summed E-state index contributed by atoms with van der Waals surface area (Å²) in [7, 11) is 0. The van der Waals surface area contributed by atoms with Gasteiger partial charge in [-0.2, -0.15) is 0 Å². The van der Waals surface area contributed by atoms with Gasteiger partial charge >= 0.3 is 5.97 Å². The second kappa shape index (κ2) is 11.7. The van der Waals surface area contributed by atoms with Gasteiger partial charge < -0.3 is 19.4 Å². The van der Waals surface area contributed by atoms with Crippen molar-refractivity contribution in [2.45, 2.75) is 26.6 Å². The highest BCUT2D eigenvalue weighted by molar-refractivity contribution is 5.90. The van der Waals surface area contributed by atoms with Crippen molar-refractivity contribution in [1.29, 1.82) is 0 Å². The van der Waals surface area contributed by atoms with Crippen molar-refractivity contribution in [3.8, 4) is 11.5 Å². The van der Waals surface area contributed by atoms with Gasteiger partial charge in [0.05, 0.1) is 31.9 Å². The first-order valence-electron chi connectivity index (χ1n) is 11.1. The average molecular weight is 459 g/mol. The molecule has 0 spiro atoms. The Labute approximate surface area is 197 Å². The number of benzene rings is 2. The van der Waals surface area contributed by atoms with Crippen LogP contribution in [0.1, 0.15) is 28.7 Å². The van der Waals surface area contributed by atoms with E-state index < -0.39 is 0 Å². The van der Waals surface area contributed by atoms with Crippen molar-refractivity contribution in [2.24, 2.45) is 0 Å². The molecule has 0 amide bonds. The molecule has 4 rings (SSSR count). The van der Waals surface area contributed by atoms with E-state index in [2.05, 4.69) is 25.5 Å². The zero-order valence-electron chi connectivity index (χ0n) is 18.9. The molecule has 4 aromatic rings. The molecule has 0 fully saturated rings. The molecular formula is C25H26N6O3. The summed E-state index contributed by atoms with van der Waals surface area (Å²) in [6.07, 6.45) is 3.16. The van der Waals surface area contributed by atoms with Gasteiger partial charge in [-0.25, -0.2) is 14.8 Å². The van der Waals surface area contributed by atoms with Crippen molar-refractivity contribution in [1.82, 2.24) is 24.7 Å². The van der Waals surface area contributed by atoms with Crippen molar-refractivity contribution in [2.75, 3.05) is 18.5 Å². The third-order valence-electron chi connectivity index (χ3n) is 5.03. The first-order valence-corrected chi connectivity index (χ1v) is 11.1. The number of carbonyl (C=O) groups excluding carboxylic acids is 1. The van der Waals surface area contributed by atoms with Crippen molar-refractivity contribution in [3.05, 3.63) is 90.1 Å². The number of esters is 1. The Morgan fingerprint density at radius 1 is 1.06 bits per heavy atom. The number of nitrogens with zero attached hydrogens (tertiary/aromatic N) is 5. The van der Waals surface area contributed by atoms with E-state index in [1.165, 1.54) is 6.33 Å². The maximum Gasteiger partial charge on any atom is 0.338 e. The van der Waals surface area contributed by atoms with Gasteiger partial charge in [-0.1, -0.05) is 36.4 Å². The number of ether oxygens (including phenoxy) is 2. The Morgan fingerprint density at radius 2 is 1.94 bits per heavy atom. The summed E-state index contributed by atoms with van der Waals surface area (Å²) in [6, 6.07) is 19.0. The average Bonchev–Trinajstić information content (AvgIpc) is 3.29. The number of nitrogens with one attached hydrogen (secondary N) is 1. The standard InChI is InChI=1S/C25H26N6O3/c1-2-34-25(32)20-9-6-10-21(15-20)27-16-23-29-30-24(22-11-12-26-18-28-22)31(23)13-14-33-17-19-7-4-3-5-8-19/h3-12,15,18,27H,2,13-14,16-17H2,1H3. The van der Waals surface area contributed by atoms with Crippen LogP contribution in [0.2, 0.25) is 0 Å². The summed E-state index contributed by atoms with van der Waals surface area (Å²) in [5.41, 5.74) is 3.07. The zero-order chi connectivity index (χ0) is 23.6. The summed E-state index contributed by atoms with van der Waals surface area (Å²) in [6.45, 7) is 4.09. The van der Waals surface area contributed by atoms with Crippen LogP contribution in [0, 0.1) is 0 Å². The first kappa shape index (κ1) is 23.1. The number of carbonyl (C=O) groups is 1. The lowest BCUT2D eigenvalue weighted by molar-refractivity contribution is 0.0526. The Kier molecular flexibility index (Phi) is 7.91. The highest BCUT2D eigenvalue weighted by atomic mass is 16.5. The Hall–Kier alpha value is -4.11. The Balaban J connectivity index is 1.46. The summed E-state index contributed by atoms with van der Waals surface area (Å²) in [5, 5.41) is 12.0. The lowest BCUT2D eigenvalue weighted by Crippen LogP contribution is -2.14. The molecule has 0 unspecified atom stereocenters. The fraction of sp³-hybridized carbons (Fsp3) is 0.240. The van der Waals surface area contributed by atoms with Crippen molar-refractivity contribution in [3.63, 3.8) is 0 Å². The maximum absolute atomic E-state index is 12.0. The van der Waals surface area contributed by atoms with Gasteiger partial charge in [-0.3, -0.25) is 0 Å². The first-order chi connectivity index (χ1) is 16.7. The smallest absolute Gasteiger partial charge is 0.338 e. The SMILES string of the molecule is CCOC(=O)c1cccc(NCc2nnc(-c3ccncn3)n2CCOCc2ccccc2)c1. The summed E-state index contributed by atoms with van der Waals surface area (Å²) in [5.74, 6) is 1.01. The van der Waals surface area contributed by atoms with Gasteiger partial charge in [0.1, 0.15) is 12.0 Å². The van der Waals surface area contributed by atoms with Crippen LogP contribution in [0.25, 0.3) is 11.5 Å². The molecule has 0 saturated heterocycles. The minimum Gasteiger partial charge on any atom is -0.462 e. The van der Waals surface area contributed by atoms with Gasteiger partial charge in [0, 0.05) is 18.4 Å². The summed E-state index contributed by atoms with van der Waals surface area (Å²) in [4.78, 5) is 20.3. The lowest BCUT2D eigenvalue weighted by Gasteiger charge is -2.12. The van der Waals surface area contributed by atoms with Crippen molar-refractivity contribution < 1.29 is 14.3 Å². The molecule has 34 heavy (non-hydrogen) atoms. The van der Waals surface area contributed by atoms with E-state index >= 15 is 0 Å². The number of rotatable bonds is 11. The minimum atomic E-state index is -0.351. The lowest BCUT2D eigenvalue weighted by atomic mass is 10.2. The minimum absolute atomic E-state index is 0.331. The molecule has 0 aliphatic carbocycles. The zero-order valence-corrected chi connectivity index (χ0v) is 18.9. The van der Waals surface area contributed by atoms with Crippen LogP contribution in [0.4, 0.5) is 5.69 Å². The maximum atomic E-state index is 12.0.